The van der Waals surface area contributed by atoms with E-state index in [0.29, 0.717) is 0 Å². The van der Waals surface area contributed by atoms with Gasteiger partial charge in [0.05, 0.1) is 11.4 Å². The monoisotopic (exact) mass is 1530 g/mol. The number of benzene rings is 15. The zero-order valence-electron chi connectivity index (χ0n) is 66.8. The SMILES string of the molecule is CC1(C)c2cc(N(c3ccccc3)c3ccccc3)ccc2-c2oc3c(c21)C(C)(C)c1cc(N(c2ccccc2)c2ccccc2)ccc1-3.CC1(C)c2cc(N(c3ccccc3)c3ccccc3-c3ccccc3)ccc2-c2sc3c(c21)C(C)(C)c1cc(N(c2ccc4oc5ccccc5c4c2)c2ccccc2-c2ccccc2)ccc1-3. The van der Waals surface area contributed by atoms with Crippen LogP contribution in [0.2, 0.25) is 0 Å². The fraction of sp³-hybridized carbons (Fsp3) is 0.109. The molecule has 4 aliphatic carbocycles. The third-order valence-electron chi connectivity index (χ3n) is 25.2. The topological polar surface area (TPSA) is 39.2 Å². The Kier molecular flexibility index (Phi) is 16.7. The van der Waals surface area contributed by atoms with Crippen LogP contribution in [0.15, 0.2) is 385 Å². The summed E-state index contributed by atoms with van der Waals surface area (Å²) in [5.74, 6) is 2.03. The quantitative estimate of drug-likeness (QED) is 0.108. The fourth-order valence-corrected chi connectivity index (χ4v) is 21.3. The standard InChI is InChI=1S/C64H48N2OS.C46H38N2O/c1-63(2)53-39-45(65(43-24-12-7-13-25-43)55-29-17-14-26-47(55)41-20-8-5-9-21-41)32-35-50(53)61-59(63)60-62(68-61)51-36-33-46(40-54(51)64(60,3)4)66(56-30-18-15-27-48(56)42-22-10-6-11-23-42)44-34-37-58-52(38-44)49-28-16-19-31-57(49)67-58;1-45(2)39-29-35(47(31-17-9-5-10-18-31)32-19-11-6-12-20-32)25-27-37(39)43-41(45)42-44(49-43)38-28-26-36(30-40(38)46(42,3)4)48(33-21-13-7-14-22-33)34-23-15-8-16-24-34/h5-40H,1-4H3;5-30H,1-4H3. The molecule has 0 N–H and O–H groups in total. The summed E-state index contributed by atoms with van der Waals surface area (Å²) in [6, 6.07) is 136. The minimum atomic E-state index is -0.257. The molecule has 0 spiro atoms. The van der Waals surface area contributed by atoms with E-state index < -0.39 is 0 Å². The number of para-hydroxylation sites is 8. The maximum atomic E-state index is 7.00. The summed E-state index contributed by atoms with van der Waals surface area (Å²) in [5.41, 5.74) is 35.1. The van der Waals surface area contributed by atoms with E-state index in [9.17, 15) is 0 Å². The van der Waals surface area contributed by atoms with Gasteiger partial charge in [0.15, 0.2) is 0 Å². The van der Waals surface area contributed by atoms with Gasteiger partial charge < -0.3 is 28.4 Å². The van der Waals surface area contributed by atoms with Gasteiger partial charge in [-0.15, -0.1) is 11.3 Å². The molecule has 0 unspecified atom stereocenters. The first kappa shape index (κ1) is 71.1. The molecule has 0 fully saturated rings. The van der Waals surface area contributed by atoms with Crippen LogP contribution in [0.5, 0.6) is 0 Å². The molecule has 0 bridgehead atoms. The molecule has 0 saturated heterocycles. The first-order valence-electron chi connectivity index (χ1n) is 40.7. The highest BCUT2D eigenvalue weighted by atomic mass is 32.1. The molecule has 18 aromatic rings. The second kappa shape index (κ2) is 27.5. The summed E-state index contributed by atoms with van der Waals surface area (Å²) < 4.78 is 13.3. The number of hydrogen-bond donors (Lipinski definition) is 0. The second-order valence-electron chi connectivity index (χ2n) is 33.5. The number of hydrogen-bond acceptors (Lipinski definition) is 7. The van der Waals surface area contributed by atoms with Crippen molar-refractivity contribution in [3.63, 3.8) is 0 Å². The summed E-state index contributed by atoms with van der Waals surface area (Å²) >= 11 is 1.98. The molecule has 117 heavy (non-hydrogen) atoms. The molecule has 564 valence electrons. The average molecular weight is 1530 g/mol. The number of nitrogens with zero attached hydrogens (tertiary/aromatic N) is 4. The third-order valence-corrected chi connectivity index (χ3v) is 26.4. The van der Waals surface area contributed by atoms with Crippen molar-refractivity contribution in [3.05, 3.63) is 421 Å². The van der Waals surface area contributed by atoms with Gasteiger partial charge in [-0.2, -0.15) is 0 Å². The van der Waals surface area contributed by atoms with E-state index in [-0.39, 0.29) is 21.7 Å². The molecule has 22 rings (SSSR count). The van der Waals surface area contributed by atoms with Gasteiger partial charge in [0.1, 0.15) is 22.7 Å². The lowest BCUT2D eigenvalue weighted by molar-refractivity contribution is 0.592. The summed E-state index contributed by atoms with van der Waals surface area (Å²) in [7, 11) is 0. The Morgan fingerprint density at radius 3 is 0.915 bits per heavy atom. The molecule has 6 nitrogen and oxygen atoms in total. The zero-order chi connectivity index (χ0) is 79.1. The van der Waals surface area contributed by atoms with E-state index in [4.69, 9.17) is 8.83 Å². The summed E-state index contributed by atoms with van der Waals surface area (Å²) in [5, 5.41) is 2.23. The van der Waals surface area contributed by atoms with Crippen molar-refractivity contribution in [2.24, 2.45) is 0 Å². The number of fused-ring (bicyclic) bond motifs is 17. The van der Waals surface area contributed by atoms with Crippen LogP contribution < -0.4 is 19.6 Å². The number of rotatable bonds is 14. The highest BCUT2D eigenvalue weighted by Gasteiger charge is 2.52. The number of anilines is 12. The largest absolute Gasteiger partial charge is 0.456 e. The van der Waals surface area contributed by atoms with Crippen molar-refractivity contribution in [2.45, 2.75) is 77.0 Å². The van der Waals surface area contributed by atoms with Crippen LogP contribution >= 0.6 is 11.3 Å². The summed E-state index contributed by atoms with van der Waals surface area (Å²) in [4.78, 5) is 12.4. The van der Waals surface area contributed by atoms with Crippen LogP contribution in [0.25, 0.3) is 87.7 Å². The van der Waals surface area contributed by atoms with Gasteiger partial charge in [-0.25, -0.2) is 0 Å². The van der Waals surface area contributed by atoms with E-state index in [1.54, 1.807) is 0 Å². The molecule has 0 saturated carbocycles. The third kappa shape index (κ3) is 11.4. The van der Waals surface area contributed by atoms with Crippen LogP contribution in [0.3, 0.4) is 0 Å². The first-order chi connectivity index (χ1) is 57.1. The second-order valence-corrected chi connectivity index (χ2v) is 34.5. The molecule has 0 radical (unpaired) electrons. The Morgan fingerprint density at radius 2 is 0.504 bits per heavy atom. The molecule has 0 atom stereocenters. The molecule has 0 amide bonds. The lowest BCUT2D eigenvalue weighted by Gasteiger charge is -2.32. The molecular formula is C110H86N4O2S. The van der Waals surface area contributed by atoms with Crippen molar-refractivity contribution >= 4 is 102 Å². The molecule has 4 aliphatic rings. The minimum Gasteiger partial charge on any atom is -0.456 e. The van der Waals surface area contributed by atoms with Crippen LogP contribution in [0, 0.1) is 0 Å². The van der Waals surface area contributed by atoms with Gasteiger partial charge in [0, 0.05) is 132 Å². The summed E-state index contributed by atoms with van der Waals surface area (Å²) in [6.45, 7) is 19.2. The predicted molar refractivity (Wildman–Crippen MR) is 490 cm³/mol. The Morgan fingerprint density at radius 1 is 0.214 bits per heavy atom. The number of furan rings is 2. The molecule has 7 heteroatoms. The van der Waals surface area contributed by atoms with Gasteiger partial charge in [0.2, 0.25) is 0 Å². The van der Waals surface area contributed by atoms with Crippen LogP contribution in [-0.4, -0.2) is 0 Å². The normalized spacial score (nSPS) is 14.1. The highest BCUT2D eigenvalue weighted by Crippen LogP contribution is 2.66. The number of thiophene rings is 1. The summed E-state index contributed by atoms with van der Waals surface area (Å²) in [6.07, 6.45) is 0. The highest BCUT2D eigenvalue weighted by molar-refractivity contribution is 7.19. The van der Waals surface area contributed by atoms with Crippen molar-refractivity contribution < 1.29 is 8.83 Å². The zero-order valence-corrected chi connectivity index (χ0v) is 67.6. The van der Waals surface area contributed by atoms with Crippen molar-refractivity contribution in [2.75, 3.05) is 19.6 Å². The fourth-order valence-electron chi connectivity index (χ4n) is 19.6. The van der Waals surface area contributed by atoms with Gasteiger partial charge in [-0.1, -0.05) is 274 Å². The molecular weight excluding hydrogens is 1440 g/mol. The van der Waals surface area contributed by atoms with Crippen LogP contribution in [0.4, 0.5) is 68.2 Å². The Labute approximate surface area is 688 Å². The smallest absolute Gasteiger partial charge is 0.139 e. The first-order valence-corrected chi connectivity index (χ1v) is 41.5. The maximum Gasteiger partial charge on any atom is 0.139 e. The van der Waals surface area contributed by atoms with Gasteiger partial charge in [-0.05, 0) is 213 Å². The Bertz CT molecular complexity index is 6640. The van der Waals surface area contributed by atoms with E-state index in [1.165, 1.54) is 98.8 Å². The molecule has 3 aromatic heterocycles. The van der Waals surface area contributed by atoms with E-state index in [2.05, 4.69) is 445 Å². The Balaban J connectivity index is 0.000000154. The van der Waals surface area contributed by atoms with Crippen LogP contribution in [0.1, 0.15) is 99.9 Å². The molecule has 3 heterocycles. The lowest BCUT2D eigenvalue weighted by Crippen LogP contribution is -2.23. The molecule has 0 aliphatic heterocycles. The van der Waals surface area contributed by atoms with E-state index in [0.717, 1.165) is 102 Å². The van der Waals surface area contributed by atoms with E-state index in [1.807, 2.05) is 17.4 Å². The minimum absolute atomic E-state index is 0.238. The average Bonchev–Trinajstić information content (AvgIpc) is 1.52. The van der Waals surface area contributed by atoms with E-state index >= 15 is 0 Å². The lowest BCUT2D eigenvalue weighted by atomic mass is 9.74. The van der Waals surface area contributed by atoms with Crippen LogP contribution in [-0.2, 0) is 21.7 Å². The van der Waals surface area contributed by atoms with Crippen molar-refractivity contribution in [1.29, 1.82) is 0 Å². The van der Waals surface area contributed by atoms with Crippen molar-refractivity contribution in [3.8, 4) is 65.8 Å². The van der Waals surface area contributed by atoms with Gasteiger partial charge in [0.25, 0.3) is 0 Å². The predicted octanol–water partition coefficient (Wildman–Crippen LogP) is 31.4. The van der Waals surface area contributed by atoms with Gasteiger partial charge >= 0.3 is 0 Å². The maximum absolute atomic E-state index is 7.00. The van der Waals surface area contributed by atoms with Crippen molar-refractivity contribution in [1.82, 2.24) is 0 Å². The van der Waals surface area contributed by atoms with Gasteiger partial charge in [-0.3, -0.25) is 0 Å². The molecule has 15 aromatic carbocycles. The Hall–Kier alpha value is -13.7.